The molecule has 2 heteroatoms. The zero-order chi connectivity index (χ0) is 11.7. The molecule has 1 heterocycles. The summed E-state index contributed by atoms with van der Waals surface area (Å²) in [5, 5.41) is 10.1. The predicted molar refractivity (Wildman–Crippen MR) is 64.6 cm³/mol. The topological polar surface area (TPSA) is 29.5 Å². The van der Waals surface area contributed by atoms with E-state index in [0.717, 1.165) is 17.7 Å². The Morgan fingerprint density at radius 2 is 2.25 bits per heavy atom. The number of aliphatic hydroxyl groups excluding tert-OH is 1. The average Bonchev–Trinajstić information content (AvgIpc) is 2.28. The highest BCUT2D eigenvalue weighted by atomic mass is 16.5. The second kappa shape index (κ2) is 4.46. The number of hydrogen-bond acceptors (Lipinski definition) is 2. The van der Waals surface area contributed by atoms with Crippen molar-refractivity contribution in [3.8, 4) is 5.75 Å². The van der Waals surface area contributed by atoms with E-state index >= 15 is 0 Å². The molecule has 1 aliphatic rings. The van der Waals surface area contributed by atoms with Crippen molar-refractivity contribution in [3.63, 3.8) is 0 Å². The summed E-state index contributed by atoms with van der Waals surface area (Å²) in [5.74, 6) is 1.35. The van der Waals surface area contributed by atoms with Crippen molar-refractivity contribution >= 4 is 0 Å². The fourth-order valence-corrected chi connectivity index (χ4v) is 2.21. The van der Waals surface area contributed by atoms with Gasteiger partial charge >= 0.3 is 0 Å². The molecule has 2 nitrogen and oxygen atoms in total. The van der Waals surface area contributed by atoms with Gasteiger partial charge in [-0.05, 0) is 25.0 Å². The van der Waals surface area contributed by atoms with Crippen LogP contribution in [0.3, 0.4) is 0 Å². The lowest BCUT2D eigenvalue weighted by Gasteiger charge is -2.33. The van der Waals surface area contributed by atoms with Gasteiger partial charge in [-0.15, -0.1) is 0 Å². The first kappa shape index (κ1) is 11.5. The lowest BCUT2D eigenvalue weighted by atomic mass is 9.90. The normalized spacial score (nSPS) is 25.8. The van der Waals surface area contributed by atoms with E-state index in [0.29, 0.717) is 12.3 Å². The van der Waals surface area contributed by atoms with E-state index in [1.807, 2.05) is 25.1 Å². The fraction of sp³-hybridized carbons (Fsp3) is 0.571. The minimum atomic E-state index is -0.373. The Morgan fingerprint density at radius 1 is 1.50 bits per heavy atom. The van der Waals surface area contributed by atoms with E-state index in [2.05, 4.69) is 13.8 Å². The lowest BCUT2D eigenvalue weighted by Crippen LogP contribution is -2.31. The standard InChI is InChI=1S/C14H20O2/c1-4-10(3)14-8-12(15)11-7-9(2)5-6-13(11)16-14/h5-7,10,12,14-15H,4,8H2,1-3H3/t10?,12-,14?/m0/s1. The summed E-state index contributed by atoms with van der Waals surface area (Å²) in [6.07, 6.45) is 1.57. The van der Waals surface area contributed by atoms with Crippen molar-refractivity contribution in [1.82, 2.24) is 0 Å². The molecule has 0 bridgehead atoms. The summed E-state index contributed by atoms with van der Waals surface area (Å²) >= 11 is 0. The number of benzene rings is 1. The molecule has 1 aromatic carbocycles. The zero-order valence-corrected chi connectivity index (χ0v) is 10.2. The Labute approximate surface area is 97.3 Å². The van der Waals surface area contributed by atoms with Crippen molar-refractivity contribution in [2.75, 3.05) is 0 Å². The van der Waals surface area contributed by atoms with Crippen LogP contribution in [0.15, 0.2) is 18.2 Å². The summed E-state index contributed by atoms with van der Waals surface area (Å²) in [5.41, 5.74) is 2.11. The molecule has 16 heavy (non-hydrogen) atoms. The van der Waals surface area contributed by atoms with Gasteiger partial charge in [-0.1, -0.05) is 31.9 Å². The van der Waals surface area contributed by atoms with Crippen LogP contribution in [0.2, 0.25) is 0 Å². The number of aliphatic hydroxyl groups is 1. The minimum absolute atomic E-state index is 0.148. The molecule has 3 atom stereocenters. The second-order valence-electron chi connectivity index (χ2n) is 4.83. The molecule has 0 aliphatic carbocycles. The Bertz CT molecular complexity index is 373. The lowest BCUT2D eigenvalue weighted by molar-refractivity contribution is 0.0375. The van der Waals surface area contributed by atoms with E-state index in [-0.39, 0.29) is 12.2 Å². The van der Waals surface area contributed by atoms with Gasteiger partial charge in [-0.3, -0.25) is 0 Å². The molecule has 0 radical (unpaired) electrons. The third-order valence-electron chi connectivity index (χ3n) is 3.54. The smallest absolute Gasteiger partial charge is 0.125 e. The minimum Gasteiger partial charge on any atom is -0.490 e. The van der Waals surface area contributed by atoms with Crippen LogP contribution < -0.4 is 4.74 Å². The van der Waals surface area contributed by atoms with Crippen molar-refractivity contribution in [2.45, 2.75) is 45.8 Å². The van der Waals surface area contributed by atoms with Crippen molar-refractivity contribution in [3.05, 3.63) is 29.3 Å². The van der Waals surface area contributed by atoms with Gasteiger partial charge in [0.05, 0.1) is 6.10 Å². The van der Waals surface area contributed by atoms with Gasteiger partial charge in [0, 0.05) is 12.0 Å². The molecule has 2 unspecified atom stereocenters. The van der Waals surface area contributed by atoms with Gasteiger partial charge < -0.3 is 9.84 Å². The number of ether oxygens (including phenoxy) is 1. The van der Waals surface area contributed by atoms with Crippen LogP contribution >= 0.6 is 0 Å². The third-order valence-corrected chi connectivity index (χ3v) is 3.54. The molecule has 2 rings (SSSR count). The first-order valence-corrected chi connectivity index (χ1v) is 6.07. The van der Waals surface area contributed by atoms with Crippen LogP contribution in [0.5, 0.6) is 5.75 Å². The molecule has 0 aromatic heterocycles. The monoisotopic (exact) mass is 220 g/mol. The van der Waals surface area contributed by atoms with Gasteiger partial charge in [0.2, 0.25) is 0 Å². The SMILES string of the molecule is CCC(C)C1C[C@H](O)c2cc(C)ccc2O1. The molecule has 0 saturated heterocycles. The average molecular weight is 220 g/mol. The Hall–Kier alpha value is -1.02. The Balaban J connectivity index is 2.26. The first-order chi connectivity index (χ1) is 7.61. The highest BCUT2D eigenvalue weighted by Gasteiger charge is 2.29. The van der Waals surface area contributed by atoms with E-state index in [4.69, 9.17) is 4.74 Å². The van der Waals surface area contributed by atoms with E-state index < -0.39 is 0 Å². The Kier molecular flexibility index (Phi) is 3.20. The van der Waals surface area contributed by atoms with Gasteiger partial charge in [0.25, 0.3) is 0 Å². The molecule has 1 aromatic rings. The largest absolute Gasteiger partial charge is 0.490 e. The summed E-state index contributed by atoms with van der Waals surface area (Å²) in [7, 11) is 0. The van der Waals surface area contributed by atoms with E-state index in [1.54, 1.807) is 0 Å². The van der Waals surface area contributed by atoms with Crippen LogP contribution in [-0.2, 0) is 0 Å². The maximum Gasteiger partial charge on any atom is 0.125 e. The van der Waals surface area contributed by atoms with E-state index in [1.165, 1.54) is 5.56 Å². The van der Waals surface area contributed by atoms with Crippen LogP contribution in [0.4, 0.5) is 0 Å². The highest BCUT2D eigenvalue weighted by molar-refractivity contribution is 5.40. The van der Waals surface area contributed by atoms with Gasteiger partial charge in [-0.25, -0.2) is 0 Å². The van der Waals surface area contributed by atoms with Crippen molar-refractivity contribution in [2.24, 2.45) is 5.92 Å². The number of fused-ring (bicyclic) bond motifs is 1. The van der Waals surface area contributed by atoms with Crippen molar-refractivity contribution in [1.29, 1.82) is 0 Å². The highest BCUT2D eigenvalue weighted by Crippen LogP contribution is 2.37. The first-order valence-electron chi connectivity index (χ1n) is 6.07. The maximum atomic E-state index is 10.1. The molecule has 1 aliphatic heterocycles. The van der Waals surface area contributed by atoms with Crippen LogP contribution in [0, 0.1) is 12.8 Å². The number of hydrogen-bond donors (Lipinski definition) is 1. The maximum absolute atomic E-state index is 10.1. The fourth-order valence-electron chi connectivity index (χ4n) is 2.21. The summed E-state index contributed by atoms with van der Waals surface area (Å²) in [6, 6.07) is 6.03. The molecule has 0 amide bonds. The molecule has 0 fully saturated rings. The summed E-state index contributed by atoms with van der Waals surface area (Å²) in [4.78, 5) is 0. The van der Waals surface area contributed by atoms with Crippen LogP contribution in [-0.4, -0.2) is 11.2 Å². The third kappa shape index (κ3) is 2.07. The van der Waals surface area contributed by atoms with Gasteiger partial charge in [0.1, 0.15) is 11.9 Å². The Morgan fingerprint density at radius 3 is 2.94 bits per heavy atom. The summed E-state index contributed by atoms with van der Waals surface area (Å²) in [6.45, 7) is 6.37. The number of rotatable bonds is 2. The summed E-state index contributed by atoms with van der Waals surface area (Å²) < 4.78 is 5.95. The van der Waals surface area contributed by atoms with Crippen LogP contribution in [0.25, 0.3) is 0 Å². The van der Waals surface area contributed by atoms with Gasteiger partial charge in [-0.2, -0.15) is 0 Å². The quantitative estimate of drug-likeness (QED) is 0.829. The van der Waals surface area contributed by atoms with E-state index in [9.17, 15) is 5.11 Å². The molecule has 1 N–H and O–H groups in total. The molecular formula is C14H20O2. The number of aryl methyl sites for hydroxylation is 1. The molecule has 0 saturated carbocycles. The van der Waals surface area contributed by atoms with Crippen molar-refractivity contribution < 1.29 is 9.84 Å². The van der Waals surface area contributed by atoms with Crippen LogP contribution in [0.1, 0.15) is 43.9 Å². The molecule has 88 valence electrons. The zero-order valence-electron chi connectivity index (χ0n) is 10.2. The molecular weight excluding hydrogens is 200 g/mol. The molecule has 0 spiro atoms. The predicted octanol–water partition coefficient (Wildman–Crippen LogP) is 3.23. The second-order valence-corrected chi connectivity index (χ2v) is 4.83. The van der Waals surface area contributed by atoms with Gasteiger partial charge in [0.15, 0.2) is 0 Å².